The predicted molar refractivity (Wildman–Crippen MR) is 115 cm³/mol. The fraction of sp³-hybridized carbons (Fsp3) is 0.400. The zero-order valence-corrected chi connectivity index (χ0v) is 18.0. The van der Waals surface area contributed by atoms with E-state index >= 15 is 0 Å². The van der Waals surface area contributed by atoms with Crippen molar-refractivity contribution in [3.63, 3.8) is 0 Å². The standard InChI is InChI=1S/C20H22N6O2S.ClH/c27-19(22-13-17-23-24-25-26(17)15-4-2-1-3-5-15)16-12-14-6-11-28-20(18(14)29-16)7-9-21-10-8-20;/h1-5,12,21H,6-11,13H2,(H,22,27);1H. The highest BCUT2D eigenvalue weighted by Gasteiger charge is 2.41. The summed E-state index contributed by atoms with van der Waals surface area (Å²) in [5.74, 6) is 0.486. The van der Waals surface area contributed by atoms with Crippen LogP contribution in [0.25, 0.3) is 5.69 Å². The SMILES string of the molecule is Cl.O=C(NCc1nnnn1-c1ccccc1)c1cc2c(s1)C1(CCNCC1)OCC2. The van der Waals surface area contributed by atoms with Crippen LogP contribution in [0.2, 0.25) is 0 Å². The van der Waals surface area contributed by atoms with E-state index in [1.54, 1.807) is 16.0 Å². The van der Waals surface area contributed by atoms with Crippen molar-refractivity contribution in [3.8, 4) is 5.69 Å². The highest BCUT2D eigenvalue weighted by atomic mass is 35.5. The fourth-order valence-corrected chi connectivity index (χ4v) is 5.40. The molecular formula is C20H23ClN6O2S. The van der Waals surface area contributed by atoms with Gasteiger partial charge in [-0.2, -0.15) is 4.68 Å². The number of thiophene rings is 1. The maximum Gasteiger partial charge on any atom is 0.261 e. The van der Waals surface area contributed by atoms with Crippen molar-refractivity contribution in [2.45, 2.75) is 31.4 Å². The Kier molecular flexibility index (Phi) is 6.14. The molecular weight excluding hydrogens is 424 g/mol. The van der Waals surface area contributed by atoms with Gasteiger partial charge in [-0.3, -0.25) is 4.79 Å². The van der Waals surface area contributed by atoms with Crippen molar-refractivity contribution >= 4 is 29.7 Å². The number of hydrogen-bond acceptors (Lipinski definition) is 7. The van der Waals surface area contributed by atoms with Crippen LogP contribution in [0.1, 0.15) is 38.8 Å². The topological polar surface area (TPSA) is 94.0 Å². The second-order valence-electron chi connectivity index (χ2n) is 7.33. The van der Waals surface area contributed by atoms with E-state index in [1.165, 1.54) is 10.4 Å². The van der Waals surface area contributed by atoms with Crippen LogP contribution in [-0.4, -0.2) is 45.8 Å². The van der Waals surface area contributed by atoms with Crippen molar-refractivity contribution < 1.29 is 9.53 Å². The van der Waals surface area contributed by atoms with Gasteiger partial charge in [-0.15, -0.1) is 28.8 Å². The number of piperidine rings is 1. The Morgan fingerprint density at radius 3 is 2.87 bits per heavy atom. The summed E-state index contributed by atoms with van der Waals surface area (Å²) in [6.45, 7) is 2.87. The first kappa shape index (κ1) is 20.9. The molecule has 2 aliphatic rings. The molecule has 2 aromatic heterocycles. The fourth-order valence-electron chi connectivity index (χ4n) is 4.07. The Labute approximate surface area is 184 Å². The van der Waals surface area contributed by atoms with Crippen LogP contribution >= 0.6 is 23.7 Å². The lowest BCUT2D eigenvalue weighted by molar-refractivity contribution is -0.0771. The molecule has 30 heavy (non-hydrogen) atoms. The normalized spacial score (nSPS) is 17.2. The molecule has 0 bridgehead atoms. The van der Waals surface area contributed by atoms with Crippen LogP contribution in [0.5, 0.6) is 0 Å². The van der Waals surface area contributed by atoms with Crippen molar-refractivity contribution in [3.05, 3.63) is 57.5 Å². The zero-order valence-electron chi connectivity index (χ0n) is 16.3. The van der Waals surface area contributed by atoms with Gasteiger partial charge < -0.3 is 15.4 Å². The molecule has 1 spiro atoms. The minimum absolute atomic E-state index is 0. The third-order valence-corrected chi connectivity index (χ3v) is 6.91. The number of fused-ring (bicyclic) bond motifs is 2. The average molecular weight is 447 g/mol. The smallest absolute Gasteiger partial charge is 0.261 e. The van der Waals surface area contributed by atoms with Gasteiger partial charge in [0, 0.05) is 4.88 Å². The first-order chi connectivity index (χ1) is 14.3. The molecule has 8 nitrogen and oxygen atoms in total. The molecule has 10 heteroatoms. The lowest BCUT2D eigenvalue weighted by Gasteiger charge is -2.40. The van der Waals surface area contributed by atoms with E-state index in [4.69, 9.17) is 4.74 Å². The molecule has 0 atom stereocenters. The highest BCUT2D eigenvalue weighted by molar-refractivity contribution is 7.14. The van der Waals surface area contributed by atoms with Crippen molar-refractivity contribution in [1.29, 1.82) is 0 Å². The summed E-state index contributed by atoms with van der Waals surface area (Å²) in [6, 6.07) is 11.7. The summed E-state index contributed by atoms with van der Waals surface area (Å²) in [4.78, 5) is 14.8. The molecule has 158 valence electrons. The predicted octanol–water partition coefficient (Wildman–Crippen LogP) is 2.23. The van der Waals surface area contributed by atoms with E-state index < -0.39 is 0 Å². The zero-order chi connectivity index (χ0) is 19.7. The molecule has 0 unspecified atom stereocenters. The molecule has 3 aromatic rings. The van der Waals surface area contributed by atoms with Gasteiger partial charge in [-0.05, 0) is 66.5 Å². The number of para-hydroxylation sites is 1. The van der Waals surface area contributed by atoms with E-state index in [2.05, 4.69) is 26.2 Å². The maximum absolute atomic E-state index is 12.8. The number of hydrogen-bond donors (Lipinski definition) is 2. The Hall–Kier alpha value is -2.33. The summed E-state index contributed by atoms with van der Waals surface area (Å²) in [5.41, 5.74) is 1.89. The minimum Gasteiger partial charge on any atom is -0.369 e. The second kappa shape index (κ2) is 8.81. The summed E-state index contributed by atoms with van der Waals surface area (Å²) < 4.78 is 7.85. The Morgan fingerprint density at radius 2 is 2.07 bits per heavy atom. The first-order valence-electron chi connectivity index (χ1n) is 9.84. The monoisotopic (exact) mass is 446 g/mol. The van der Waals surface area contributed by atoms with Gasteiger partial charge in [0.05, 0.1) is 23.7 Å². The number of halogens is 1. The molecule has 1 saturated heterocycles. The number of tetrazole rings is 1. The van der Waals surface area contributed by atoms with Crippen molar-refractivity contribution in [2.24, 2.45) is 0 Å². The largest absolute Gasteiger partial charge is 0.369 e. The van der Waals surface area contributed by atoms with E-state index in [0.717, 1.165) is 49.5 Å². The quantitative estimate of drug-likeness (QED) is 0.638. The van der Waals surface area contributed by atoms with Crippen LogP contribution in [0.3, 0.4) is 0 Å². The lowest BCUT2D eigenvalue weighted by Crippen LogP contribution is -2.43. The summed E-state index contributed by atoms with van der Waals surface area (Å²) in [7, 11) is 0. The number of aromatic nitrogens is 4. The van der Waals surface area contributed by atoms with E-state index in [-0.39, 0.29) is 30.5 Å². The third-order valence-electron chi connectivity index (χ3n) is 5.55. The number of nitrogens with one attached hydrogen (secondary N) is 2. The first-order valence-corrected chi connectivity index (χ1v) is 10.7. The van der Waals surface area contributed by atoms with Crippen LogP contribution in [0, 0.1) is 0 Å². The number of carbonyl (C=O) groups excluding carboxylic acids is 1. The van der Waals surface area contributed by atoms with Crippen LogP contribution in [-0.2, 0) is 23.3 Å². The van der Waals surface area contributed by atoms with Gasteiger partial charge in [0.15, 0.2) is 5.82 Å². The van der Waals surface area contributed by atoms with E-state index in [9.17, 15) is 4.79 Å². The second-order valence-corrected chi connectivity index (χ2v) is 8.39. The van der Waals surface area contributed by atoms with E-state index in [0.29, 0.717) is 5.82 Å². The summed E-state index contributed by atoms with van der Waals surface area (Å²) in [6.07, 6.45) is 2.77. The number of nitrogens with zero attached hydrogens (tertiary/aromatic N) is 4. The molecule has 4 heterocycles. The number of benzene rings is 1. The van der Waals surface area contributed by atoms with E-state index in [1.807, 2.05) is 36.4 Å². The molecule has 0 radical (unpaired) electrons. The summed E-state index contributed by atoms with van der Waals surface area (Å²) >= 11 is 1.56. The molecule has 2 aliphatic heterocycles. The Balaban J connectivity index is 0.00000218. The highest BCUT2D eigenvalue weighted by Crippen LogP contribution is 2.44. The van der Waals surface area contributed by atoms with Gasteiger partial charge in [0.2, 0.25) is 0 Å². The average Bonchev–Trinajstić information content (AvgIpc) is 3.41. The maximum atomic E-state index is 12.8. The van der Waals surface area contributed by atoms with Gasteiger partial charge in [0.25, 0.3) is 5.91 Å². The van der Waals surface area contributed by atoms with Crippen LogP contribution < -0.4 is 10.6 Å². The molecule has 1 fully saturated rings. The number of amides is 1. The molecule has 0 aliphatic carbocycles. The van der Waals surface area contributed by atoms with Gasteiger partial charge >= 0.3 is 0 Å². The van der Waals surface area contributed by atoms with Gasteiger partial charge in [-0.1, -0.05) is 18.2 Å². The lowest BCUT2D eigenvalue weighted by atomic mass is 9.86. The number of ether oxygens (including phenoxy) is 1. The molecule has 1 amide bonds. The third kappa shape index (κ3) is 3.85. The molecule has 2 N–H and O–H groups in total. The van der Waals surface area contributed by atoms with Crippen LogP contribution in [0.4, 0.5) is 0 Å². The van der Waals surface area contributed by atoms with Crippen molar-refractivity contribution in [1.82, 2.24) is 30.8 Å². The molecule has 5 rings (SSSR count). The summed E-state index contributed by atoms with van der Waals surface area (Å²) in [5, 5.41) is 18.2. The number of rotatable bonds is 4. The minimum atomic E-state index is -0.223. The Morgan fingerprint density at radius 1 is 1.27 bits per heavy atom. The van der Waals surface area contributed by atoms with Crippen molar-refractivity contribution in [2.75, 3.05) is 19.7 Å². The van der Waals surface area contributed by atoms with Gasteiger partial charge in [0.1, 0.15) is 5.60 Å². The Bertz CT molecular complexity index is 1020. The molecule has 1 aromatic carbocycles. The number of carbonyl (C=O) groups is 1. The van der Waals surface area contributed by atoms with Crippen LogP contribution in [0.15, 0.2) is 36.4 Å². The molecule has 0 saturated carbocycles. The van der Waals surface area contributed by atoms with Gasteiger partial charge in [-0.25, -0.2) is 0 Å².